The van der Waals surface area contributed by atoms with Crippen molar-refractivity contribution in [2.24, 2.45) is 0 Å². The van der Waals surface area contributed by atoms with Crippen molar-refractivity contribution in [2.45, 2.75) is 19.3 Å². The van der Waals surface area contributed by atoms with E-state index in [0.717, 1.165) is 13.1 Å². The van der Waals surface area contributed by atoms with Gasteiger partial charge in [-0.25, -0.2) is 0 Å². The van der Waals surface area contributed by atoms with Gasteiger partial charge in [-0.15, -0.1) is 0 Å². The van der Waals surface area contributed by atoms with E-state index in [1.54, 1.807) is 0 Å². The van der Waals surface area contributed by atoms with E-state index in [1.807, 2.05) is 12.4 Å². The van der Waals surface area contributed by atoms with Crippen molar-refractivity contribution in [1.29, 1.82) is 0 Å². The molecule has 0 unspecified atom stereocenters. The summed E-state index contributed by atoms with van der Waals surface area (Å²) in [5.41, 5.74) is 2.79. The van der Waals surface area contributed by atoms with Crippen LogP contribution in [0.15, 0.2) is 18.5 Å². The van der Waals surface area contributed by atoms with Crippen LogP contribution >= 0.6 is 0 Å². The fraction of sp³-hybridized carbons (Fsp3) is 0.500. The van der Waals surface area contributed by atoms with Crippen LogP contribution in [0.1, 0.15) is 23.5 Å². The quantitative estimate of drug-likeness (QED) is 0.676. The normalized spacial score (nSPS) is 22.9. The summed E-state index contributed by atoms with van der Waals surface area (Å²) in [6.07, 6.45) is 5.13. The molecule has 0 spiro atoms. The van der Waals surface area contributed by atoms with Crippen LogP contribution in [0.25, 0.3) is 0 Å². The summed E-state index contributed by atoms with van der Waals surface area (Å²) in [6, 6.07) is 2.09. The second-order valence-corrected chi connectivity index (χ2v) is 3.42. The van der Waals surface area contributed by atoms with Gasteiger partial charge in [-0.1, -0.05) is 0 Å². The Bertz CT molecular complexity index is 264. The first-order valence-electron chi connectivity index (χ1n) is 4.49. The third kappa shape index (κ3) is 1.34. The van der Waals surface area contributed by atoms with Gasteiger partial charge in [-0.2, -0.15) is 0 Å². The highest BCUT2D eigenvalue weighted by Crippen LogP contribution is 2.23. The van der Waals surface area contributed by atoms with Crippen molar-refractivity contribution in [2.75, 3.05) is 13.1 Å². The largest absolute Gasteiger partial charge is 0.316 e. The molecule has 1 fully saturated rings. The van der Waals surface area contributed by atoms with Gasteiger partial charge in [-0.05, 0) is 43.0 Å². The molecule has 0 bridgehead atoms. The van der Waals surface area contributed by atoms with Crippen LogP contribution in [-0.2, 0) is 0 Å². The first kappa shape index (κ1) is 7.74. The molecule has 2 heterocycles. The molecular formula is C10H14N2. The van der Waals surface area contributed by atoms with Crippen LogP contribution in [-0.4, -0.2) is 18.1 Å². The van der Waals surface area contributed by atoms with Crippen molar-refractivity contribution in [3.8, 4) is 0 Å². The van der Waals surface area contributed by atoms with Crippen LogP contribution in [0.5, 0.6) is 0 Å². The van der Waals surface area contributed by atoms with Gasteiger partial charge in [0.05, 0.1) is 0 Å². The summed E-state index contributed by atoms with van der Waals surface area (Å²) in [5.74, 6) is 0.693. The molecule has 0 aliphatic carbocycles. The molecule has 0 saturated carbocycles. The van der Waals surface area contributed by atoms with E-state index in [4.69, 9.17) is 0 Å². The van der Waals surface area contributed by atoms with Crippen LogP contribution < -0.4 is 5.32 Å². The Morgan fingerprint density at radius 2 is 2.50 bits per heavy atom. The lowest BCUT2D eigenvalue weighted by molar-refractivity contribution is 0.752. The van der Waals surface area contributed by atoms with E-state index in [-0.39, 0.29) is 0 Å². The summed E-state index contributed by atoms with van der Waals surface area (Å²) in [7, 11) is 0. The Kier molecular flexibility index (Phi) is 2.09. The highest BCUT2D eigenvalue weighted by Gasteiger charge is 2.17. The monoisotopic (exact) mass is 162 g/mol. The molecule has 1 N–H and O–H groups in total. The molecule has 2 nitrogen and oxygen atoms in total. The molecule has 1 aromatic heterocycles. The molecule has 1 saturated heterocycles. The Morgan fingerprint density at radius 3 is 3.17 bits per heavy atom. The van der Waals surface area contributed by atoms with Gasteiger partial charge in [-0.3, -0.25) is 4.98 Å². The minimum absolute atomic E-state index is 0.693. The lowest BCUT2D eigenvalue weighted by Crippen LogP contribution is -2.08. The highest BCUT2D eigenvalue weighted by molar-refractivity contribution is 5.26. The van der Waals surface area contributed by atoms with Crippen molar-refractivity contribution in [3.63, 3.8) is 0 Å². The standard InChI is InChI=1S/C10H14N2/c1-8-2-4-12-7-10(8)9-3-5-11-6-9/h2,4,7,9,11H,3,5-6H2,1H3/t9-/m0/s1. The third-order valence-corrected chi connectivity index (χ3v) is 2.58. The van der Waals surface area contributed by atoms with Crippen molar-refractivity contribution >= 4 is 0 Å². The van der Waals surface area contributed by atoms with Gasteiger partial charge in [0.2, 0.25) is 0 Å². The van der Waals surface area contributed by atoms with Crippen LogP contribution in [0, 0.1) is 6.92 Å². The second-order valence-electron chi connectivity index (χ2n) is 3.42. The van der Waals surface area contributed by atoms with E-state index in [1.165, 1.54) is 17.5 Å². The van der Waals surface area contributed by atoms with Crippen LogP contribution in [0.2, 0.25) is 0 Å². The third-order valence-electron chi connectivity index (χ3n) is 2.58. The molecule has 0 radical (unpaired) electrons. The maximum atomic E-state index is 4.16. The second kappa shape index (κ2) is 3.23. The van der Waals surface area contributed by atoms with Crippen LogP contribution in [0.3, 0.4) is 0 Å². The Labute approximate surface area is 73.0 Å². The SMILES string of the molecule is Cc1ccncc1[C@H]1CCNC1. The maximum Gasteiger partial charge on any atom is 0.0305 e. The molecule has 1 aliphatic heterocycles. The lowest BCUT2D eigenvalue weighted by Gasteiger charge is -2.10. The van der Waals surface area contributed by atoms with Gasteiger partial charge in [0, 0.05) is 18.9 Å². The van der Waals surface area contributed by atoms with Gasteiger partial charge in [0.1, 0.15) is 0 Å². The maximum absolute atomic E-state index is 4.16. The van der Waals surface area contributed by atoms with E-state index >= 15 is 0 Å². The molecule has 1 aromatic rings. The number of pyridine rings is 1. The summed E-state index contributed by atoms with van der Waals surface area (Å²) >= 11 is 0. The first-order valence-corrected chi connectivity index (χ1v) is 4.49. The molecular weight excluding hydrogens is 148 g/mol. The fourth-order valence-corrected chi connectivity index (χ4v) is 1.82. The number of nitrogens with zero attached hydrogens (tertiary/aromatic N) is 1. The Morgan fingerprint density at radius 1 is 1.58 bits per heavy atom. The number of aromatic nitrogens is 1. The molecule has 1 atom stereocenters. The lowest BCUT2D eigenvalue weighted by atomic mass is 9.96. The van der Waals surface area contributed by atoms with Gasteiger partial charge >= 0.3 is 0 Å². The molecule has 2 rings (SSSR count). The molecule has 0 amide bonds. The van der Waals surface area contributed by atoms with E-state index in [9.17, 15) is 0 Å². The summed E-state index contributed by atoms with van der Waals surface area (Å²) in [5, 5.41) is 3.37. The molecule has 64 valence electrons. The van der Waals surface area contributed by atoms with Gasteiger partial charge in [0.15, 0.2) is 0 Å². The number of aryl methyl sites for hydroxylation is 1. The smallest absolute Gasteiger partial charge is 0.0305 e. The minimum atomic E-state index is 0.693. The van der Waals surface area contributed by atoms with E-state index in [0.29, 0.717) is 5.92 Å². The van der Waals surface area contributed by atoms with Crippen molar-refractivity contribution in [1.82, 2.24) is 10.3 Å². The van der Waals surface area contributed by atoms with Gasteiger partial charge < -0.3 is 5.32 Å². The van der Waals surface area contributed by atoms with Gasteiger partial charge in [0.25, 0.3) is 0 Å². The Hall–Kier alpha value is -0.890. The number of rotatable bonds is 1. The van der Waals surface area contributed by atoms with E-state index in [2.05, 4.69) is 23.3 Å². The predicted octanol–water partition coefficient (Wildman–Crippen LogP) is 1.47. The first-order chi connectivity index (χ1) is 5.88. The molecule has 2 heteroatoms. The zero-order valence-corrected chi connectivity index (χ0v) is 7.38. The summed E-state index contributed by atoms with van der Waals surface area (Å²) < 4.78 is 0. The average molecular weight is 162 g/mol. The minimum Gasteiger partial charge on any atom is -0.316 e. The van der Waals surface area contributed by atoms with Crippen LogP contribution in [0.4, 0.5) is 0 Å². The molecule has 1 aliphatic rings. The molecule has 0 aromatic carbocycles. The predicted molar refractivity (Wildman–Crippen MR) is 49.2 cm³/mol. The number of nitrogens with one attached hydrogen (secondary N) is 1. The molecule has 12 heavy (non-hydrogen) atoms. The zero-order valence-electron chi connectivity index (χ0n) is 7.38. The number of hydrogen-bond donors (Lipinski definition) is 1. The fourth-order valence-electron chi connectivity index (χ4n) is 1.82. The number of hydrogen-bond acceptors (Lipinski definition) is 2. The Balaban J connectivity index is 2.26. The summed E-state index contributed by atoms with van der Waals surface area (Å²) in [6.45, 7) is 4.43. The topological polar surface area (TPSA) is 24.9 Å². The van der Waals surface area contributed by atoms with Crippen molar-refractivity contribution in [3.05, 3.63) is 29.6 Å². The van der Waals surface area contributed by atoms with Crippen molar-refractivity contribution < 1.29 is 0 Å². The zero-order chi connectivity index (χ0) is 8.39. The highest BCUT2D eigenvalue weighted by atomic mass is 14.9. The average Bonchev–Trinajstić information content (AvgIpc) is 2.57. The van der Waals surface area contributed by atoms with E-state index < -0.39 is 0 Å². The summed E-state index contributed by atoms with van der Waals surface area (Å²) in [4.78, 5) is 4.16.